The maximum absolute atomic E-state index is 11.4. The summed E-state index contributed by atoms with van der Waals surface area (Å²) >= 11 is 0. The molecular weight excluding hydrogens is 328 g/mol. The van der Waals surface area contributed by atoms with E-state index in [1.165, 1.54) is 6.92 Å². The molecule has 1 aromatic carbocycles. The Morgan fingerprint density at radius 3 is 2.58 bits per heavy atom. The van der Waals surface area contributed by atoms with Crippen LogP contribution in [-0.4, -0.2) is 35.3 Å². The van der Waals surface area contributed by atoms with Gasteiger partial charge in [-0.1, -0.05) is 30.3 Å². The Bertz CT molecular complexity index is 676. The molecular formula is C17H21ClN4O2. The Morgan fingerprint density at radius 2 is 1.92 bits per heavy atom. The first-order chi connectivity index (χ1) is 11.2. The molecule has 1 amide bonds. The number of amides is 1. The summed E-state index contributed by atoms with van der Waals surface area (Å²) in [5.74, 6) is 0.759. The lowest BCUT2D eigenvalue weighted by atomic mass is 10.1. The van der Waals surface area contributed by atoms with Crippen molar-refractivity contribution in [1.82, 2.24) is 15.5 Å². The summed E-state index contributed by atoms with van der Waals surface area (Å²) in [6.07, 6.45) is 2.06. The third-order valence-electron chi connectivity index (χ3n) is 3.72. The Labute approximate surface area is 147 Å². The second-order valence-corrected chi connectivity index (χ2v) is 5.56. The summed E-state index contributed by atoms with van der Waals surface area (Å²) in [6, 6.07) is 11.6. The SMILES string of the molecule is CC(=O)Nc1nnc(OC2CCNCC2)cc1-c1ccccc1.Cl. The number of anilines is 1. The number of carbonyl (C=O) groups is 1. The van der Waals surface area contributed by atoms with Gasteiger partial charge >= 0.3 is 0 Å². The van der Waals surface area contributed by atoms with Crippen molar-refractivity contribution in [1.29, 1.82) is 0 Å². The Balaban J connectivity index is 0.00000208. The van der Waals surface area contributed by atoms with Crippen LogP contribution >= 0.6 is 12.4 Å². The molecule has 6 nitrogen and oxygen atoms in total. The number of nitrogens with zero attached hydrogens (tertiary/aromatic N) is 2. The molecule has 0 aliphatic carbocycles. The second-order valence-electron chi connectivity index (χ2n) is 5.56. The van der Waals surface area contributed by atoms with Crippen molar-refractivity contribution >= 4 is 24.1 Å². The van der Waals surface area contributed by atoms with Crippen LogP contribution in [0, 0.1) is 0 Å². The van der Waals surface area contributed by atoms with E-state index in [1.54, 1.807) is 0 Å². The average molecular weight is 349 g/mol. The van der Waals surface area contributed by atoms with Crippen LogP contribution in [0.25, 0.3) is 11.1 Å². The van der Waals surface area contributed by atoms with Crippen molar-refractivity contribution in [3.05, 3.63) is 36.4 Å². The molecule has 1 aromatic heterocycles. The van der Waals surface area contributed by atoms with Crippen molar-refractivity contribution in [3.63, 3.8) is 0 Å². The van der Waals surface area contributed by atoms with E-state index in [2.05, 4.69) is 20.8 Å². The number of rotatable bonds is 4. The lowest BCUT2D eigenvalue weighted by Crippen LogP contribution is -2.34. The van der Waals surface area contributed by atoms with Gasteiger partial charge in [-0.25, -0.2) is 0 Å². The number of halogens is 1. The molecule has 128 valence electrons. The summed E-state index contributed by atoms with van der Waals surface area (Å²) in [5, 5.41) is 14.3. The van der Waals surface area contributed by atoms with E-state index >= 15 is 0 Å². The van der Waals surface area contributed by atoms with Gasteiger partial charge in [0.2, 0.25) is 11.8 Å². The number of carbonyl (C=O) groups excluding carboxylic acids is 1. The molecule has 0 atom stereocenters. The highest BCUT2D eigenvalue weighted by Crippen LogP contribution is 2.29. The number of piperidine rings is 1. The maximum Gasteiger partial charge on any atom is 0.234 e. The molecule has 3 rings (SSSR count). The van der Waals surface area contributed by atoms with Gasteiger partial charge in [-0.15, -0.1) is 22.6 Å². The molecule has 0 spiro atoms. The van der Waals surface area contributed by atoms with E-state index in [0.717, 1.165) is 37.1 Å². The molecule has 2 aromatic rings. The molecule has 24 heavy (non-hydrogen) atoms. The van der Waals surface area contributed by atoms with Crippen molar-refractivity contribution in [2.24, 2.45) is 0 Å². The van der Waals surface area contributed by atoms with E-state index in [9.17, 15) is 4.79 Å². The fraction of sp³-hybridized carbons (Fsp3) is 0.353. The van der Waals surface area contributed by atoms with Gasteiger partial charge in [-0.05, 0) is 31.5 Å². The van der Waals surface area contributed by atoms with Crippen LogP contribution < -0.4 is 15.4 Å². The Kier molecular flexibility index (Phi) is 6.52. The predicted octanol–water partition coefficient (Wildman–Crippen LogP) is 2.65. The zero-order chi connectivity index (χ0) is 16.1. The molecule has 1 aliphatic rings. The summed E-state index contributed by atoms with van der Waals surface area (Å²) in [6.45, 7) is 3.36. The first-order valence-electron chi connectivity index (χ1n) is 7.80. The molecule has 1 fully saturated rings. The minimum atomic E-state index is -0.177. The predicted molar refractivity (Wildman–Crippen MR) is 95.5 cm³/mol. The van der Waals surface area contributed by atoms with Crippen LogP contribution in [0.2, 0.25) is 0 Å². The lowest BCUT2D eigenvalue weighted by molar-refractivity contribution is -0.114. The monoisotopic (exact) mass is 348 g/mol. The summed E-state index contributed by atoms with van der Waals surface area (Å²) in [4.78, 5) is 11.4. The largest absolute Gasteiger partial charge is 0.473 e. The highest BCUT2D eigenvalue weighted by atomic mass is 35.5. The highest BCUT2D eigenvalue weighted by molar-refractivity contribution is 5.92. The van der Waals surface area contributed by atoms with Gasteiger partial charge in [0, 0.05) is 18.6 Å². The molecule has 7 heteroatoms. The van der Waals surface area contributed by atoms with E-state index in [-0.39, 0.29) is 24.4 Å². The number of nitrogens with one attached hydrogen (secondary N) is 2. The zero-order valence-corrected chi connectivity index (χ0v) is 14.3. The standard InChI is InChI=1S/C17H20N4O2.ClH/c1-12(22)19-17-15(13-5-3-2-4-6-13)11-16(20-21-17)23-14-7-9-18-10-8-14;/h2-6,11,14,18H,7-10H2,1H3,(H,19,21,22);1H. The van der Waals surface area contributed by atoms with Crippen LogP contribution in [0.15, 0.2) is 36.4 Å². The van der Waals surface area contributed by atoms with Crippen molar-refractivity contribution in [2.45, 2.75) is 25.9 Å². The van der Waals surface area contributed by atoms with Crippen LogP contribution in [0.5, 0.6) is 5.88 Å². The van der Waals surface area contributed by atoms with Gasteiger partial charge in [-0.2, -0.15) is 0 Å². The molecule has 1 saturated heterocycles. The molecule has 0 unspecified atom stereocenters. The van der Waals surface area contributed by atoms with Crippen LogP contribution in [0.4, 0.5) is 5.82 Å². The van der Waals surface area contributed by atoms with Gasteiger partial charge in [-0.3, -0.25) is 4.79 Å². The third kappa shape index (κ3) is 4.66. The molecule has 1 aliphatic heterocycles. The van der Waals surface area contributed by atoms with Gasteiger partial charge in [0.05, 0.1) is 0 Å². The van der Waals surface area contributed by atoms with Crippen molar-refractivity contribution < 1.29 is 9.53 Å². The third-order valence-corrected chi connectivity index (χ3v) is 3.72. The highest BCUT2D eigenvalue weighted by Gasteiger charge is 2.17. The van der Waals surface area contributed by atoms with Gasteiger partial charge in [0.15, 0.2) is 5.82 Å². The quantitative estimate of drug-likeness (QED) is 0.888. The summed E-state index contributed by atoms with van der Waals surface area (Å²) < 4.78 is 5.95. The molecule has 2 heterocycles. The number of ether oxygens (including phenoxy) is 1. The maximum atomic E-state index is 11.4. The van der Waals surface area contributed by atoms with Crippen molar-refractivity contribution in [2.75, 3.05) is 18.4 Å². The number of hydrogen-bond donors (Lipinski definition) is 2. The van der Waals surface area contributed by atoms with E-state index in [4.69, 9.17) is 4.74 Å². The summed E-state index contributed by atoms with van der Waals surface area (Å²) in [5.41, 5.74) is 1.76. The normalized spacial score (nSPS) is 14.5. The van der Waals surface area contributed by atoms with E-state index in [0.29, 0.717) is 11.7 Å². The van der Waals surface area contributed by atoms with Gasteiger partial charge in [0.25, 0.3) is 0 Å². The van der Waals surface area contributed by atoms with Crippen LogP contribution in [0.3, 0.4) is 0 Å². The minimum absolute atomic E-state index is 0. The van der Waals surface area contributed by atoms with Crippen LogP contribution in [0.1, 0.15) is 19.8 Å². The Morgan fingerprint density at radius 1 is 1.21 bits per heavy atom. The Hall–Kier alpha value is -2.18. The zero-order valence-electron chi connectivity index (χ0n) is 13.5. The van der Waals surface area contributed by atoms with E-state index in [1.807, 2.05) is 36.4 Å². The average Bonchev–Trinajstić information content (AvgIpc) is 2.57. The first-order valence-corrected chi connectivity index (χ1v) is 7.80. The lowest BCUT2D eigenvalue weighted by Gasteiger charge is -2.23. The van der Waals surface area contributed by atoms with Gasteiger partial charge in [0.1, 0.15) is 6.10 Å². The topological polar surface area (TPSA) is 76.1 Å². The van der Waals surface area contributed by atoms with Crippen LogP contribution in [-0.2, 0) is 4.79 Å². The van der Waals surface area contributed by atoms with Crippen molar-refractivity contribution in [3.8, 4) is 17.0 Å². The minimum Gasteiger partial charge on any atom is -0.473 e. The number of benzene rings is 1. The fourth-order valence-electron chi connectivity index (χ4n) is 2.61. The molecule has 2 N–H and O–H groups in total. The molecule has 0 radical (unpaired) electrons. The van der Waals surface area contributed by atoms with Gasteiger partial charge < -0.3 is 15.4 Å². The second kappa shape index (κ2) is 8.61. The number of hydrogen-bond acceptors (Lipinski definition) is 5. The first kappa shape index (κ1) is 18.2. The fourth-order valence-corrected chi connectivity index (χ4v) is 2.61. The smallest absolute Gasteiger partial charge is 0.234 e. The summed E-state index contributed by atoms with van der Waals surface area (Å²) in [7, 11) is 0. The van der Waals surface area contributed by atoms with E-state index < -0.39 is 0 Å². The molecule has 0 saturated carbocycles. The number of aromatic nitrogens is 2. The molecule has 0 bridgehead atoms.